The molecule has 0 aromatic rings. The zero-order valence-electron chi connectivity index (χ0n) is 9.44. The molecular formula is C11H23NO. The third-order valence-electron chi connectivity index (χ3n) is 1.73. The Balaban J connectivity index is 3.41. The number of carbonyl (C=O) groups is 1. The summed E-state index contributed by atoms with van der Waals surface area (Å²) in [5.41, 5.74) is 0.141. The molecule has 0 heterocycles. The fourth-order valence-electron chi connectivity index (χ4n) is 1.21. The molecule has 1 N–H and O–H groups in total. The normalized spacial score (nSPS) is 11.7. The number of hydrogen-bond acceptors (Lipinski definition) is 2. The van der Waals surface area contributed by atoms with Crippen molar-refractivity contribution in [1.29, 1.82) is 0 Å². The van der Waals surface area contributed by atoms with Gasteiger partial charge in [0.1, 0.15) is 5.78 Å². The van der Waals surface area contributed by atoms with Crippen molar-refractivity contribution in [2.24, 2.45) is 5.41 Å². The van der Waals surface area contributed by atoms with Crippen LogP contribution in [0.25, 0.3) is 0 Å². The van der Waals surface area contributed by atoms with Gasteiger partial charge in [-0.25, -0.2) is 0 Å². The second-order valence-electron chi connectivity index (χ2n) is 4.78. The first-order valence-corrected chi connectivity index (χ1v) is 5.18. The van der Waals surface area contributed by atoms with E-state index in [1.165, 1.54) is 0 Å². The standard InChI is InChI=1S/C11H23NO/c1-5-7-12-8-6-10(13)9-11(2,3)4/h12H,5-9H2,1-4H3. The molecule has 2 nitrogen and oxygen atoms in total. The van der Waals surface area contributed by atoms with Crippen molar-refractivity contribution in [3.63, 3.8) is 0 Å². The second kappa shape index (κ2) is 6.14. The Kier molecular flexibility index (Phi) is 5.97. The highest BCUT2D eigenvalue weighted by Crippen LogP contribution is 2.19. The first kappa shape index (κ1) is 12.6. The van der Waals surface area contributed by atoms with Crippen molar-refractivity contribution in [3.05, 3.63) is 0 Å². The van der Waals surface area contributed by atoms with Gasteiger partial charge in [-0.1, -0.05) is 27.7 Å². The number of hydrogen-bond donors (Lipinski definition) is 1. The van der Waals surface area contributed by atoms with E-state index in [1.54, 1.807) is 0 Å². The zero-order chi connectivity index (χ0) is 10.3. The molecule has 0 saturated carbocycles. The van der Waals surface area contributed by atoms with E-state index in [9.17, 15) is 4.79 Å². The summed E-state index contributed by atoms with van der Waals surface area (Å²) in [5, 5.41) is 3.23. The first-order chi connectivity index (χ1) is 5.95. The molecule has 0 amide bonds. The summed E-state index contributed by atoms with van der Waals surface area (Å²) in [6, 6.07) is 0. The average Bonchev–Trinajstić information content (AvgIpc) is 1.94. The van der Waals surface area contributed by atoms with E-state index < -0.39 is 0 Å². The SMILES string of the molecule is CCCNCCC(=O)CC(C)(C)C. The van der Waals surface area contributed by atoms with Crippen molar-refractivity contribution >= 4 is 5.78 Å². The van der Waals surface area contributed by atoms with Gasteiger partial charge in [0.2, 0.25) is 0 Å². The summed E-state index contributed by atoms with van der Waals surface area (Å²) in [6.07, 6.45) is 2.51. The highest BCUT2D eigenvalue weighted by molar-refractivity contribution is 5.79. The molecule has 13 heavy (non-hydrogen) atoms. The van der Waals surface area contributed by atoms with E-state index in [0.29, 0.717) is 18.6 Å². The Morgan fingerprint density at radius 1 is 1.23 bits per heavy atom. The fraction of sp³-hybridized carbons (Fsp3) is 0.909. The summed E-state index contributed by atoms with van der Waals surface area (Å²) >= 11 is 0. The van der Waals surface area contributed by atoms with Gasteiger partial charge in [0.05, 0.1) is 0 Å². The molecule has 0 aliphatic carbocycles. The third kappa shape index (κ3) is 9.54. The maximum absolute atomic E-state index is 11.4. The lowest BCUT2D eigenvalue weighted by molar-refractivity contribution is -0.120. The Hall–Kier alpha value is -0.370. The van der Waals surface area contributed by atoms with E-state index in [2.05, 4.69) is 33.0 Å². The fourth-order valence-corrected chi connectivity index (χ4v) is 1.21. The van der Waals surface area contributed by atoms with Gasteiger partial charge in [-0.05, 0) is 18.4 Å². The van der Waals surface area contributed by atoms with Crippen LogP contribution in [0.3, 0.4) is 0 Å². The van der Waals surface area contributed by atoms with Crippen LogP contribution in [0.15, 0.2) is 0 Å². The quantitative estimate of drug-likeness (QED) is 0.644. The molecule has 0 aromatic heterocycles. The van der Waals surface area contributed by atoms with E-state index in [1.807, 2.05) is 0 Å². The van der Waals surface area contributed by atoms with Gasteiger partial charge in [-0.2, -0.15) is 0 Å². The number of carbonyl (C=O) groups excluding carboxylic acids is 1. The smallest absolute Gasteiger partial charge is 0.134 e. The van der Waals surface area contributed by atoms with Crippen LogP contribution < -0.4 is 5.32 Å². The minimum Gasteiger partial charge on any atom is -0.316 e. The Morgan fingerprint density at radius 2 is 1.85 bits per heavy atom. The van der Waals surface area contributed by atoms with Gasteiger partial charge in [-0.3, -0.25) is 4.79 Å². The van der Waals surface area contributed by atoms with E-state index in [4.69, 9.17) is 0 Å². The van der Waals surface area contributed by atoms with Crippen molar-refractivity contribution < 1.29 is 4.79 Å². The predicted octanol–water partition coefficient (Wildman–Crippen LogP) is 2.38. The van der Waals surface area contributed by atoms with Crippen LogP contribution in [0.2, 0.25) is 0 Å². The molecule has 0 bridgehead atoms. The van der Waals surface area contributed by atoms with Crippen LogP contribution in [0.4, 0.5) is 0 Å². The topological polar surface area (TPSA) is 29.1 Å². The maximum atomic E-state index is 11.4. The maximum Gasteiger partial charge on any atom is 0.134 e. The predicted molar refractivity (Wildman–Crippen MR) is 56.9 cm³/mol. The molecule has 0 saturated heterocycles. The van der Waals surface area contributed by atoms with E-state index in [-0.39, 0.29) is 5.41 Å². The van der Waals surface area contributed by atoms with Crippen LogP contribution in [0.5, 0.6) is 0 Å². The lowest BCUT2D eigenvalue weighted by atomic mass is 9.89. The molecule has 0 unspecified atom stereocenters. The third-order valence-corrected chi connectivity index (χ3v) is 1.73. The van der Waals surface area contributed by atoms with Gasteiger partial charge >= 0.3 is 0 Å². The lowest BCUT2D eigenvalue weighted by Gasteiger charge is -2.16. The molecule has 0 aromatic carbocycles. The van der Waals surface area contributed by atoms with Crippen LogP contribution in [0.1, 0.15) is 47.0 Å². The Bertz CT molecular complexity index is 147. The molecule has 0 spiro atoms. The van der Waals surface area contributed by atoms with Crippen molar-refractivity contribution in [3.8, 4) is 0 Å². The molecule has 0 fully saturated rings. The summed E-state index contributed by atoms with van der Waals surface area (Å²) in [7, 11) is 0. The highest BCUT2D eigenvalue weighted by atomic mass is 16.1. The van der Waals surface area contributed by atoms with E-state index in [0.717, 1.165) is 19.5 Å². The molecule has 0 rings (SSSR count). The van der Waals surface area contributed by atoms with Crippen LogP contribution in [-0.2, 0) is 4.79 Å². The van der Waals surface area contributed by atoms with Gasteiger partial charge in [0.15, 0.2) is 0 Å². The van der Waals surface area contributed by atoms with Gasteiger partial charge < -0.3 is 5.32 Å². The molecule has 0 atom stereocenters. The molecule has 0 radical (unpaired) electrons. The average molecular weight is 185 g/mol. The van der Waals surface area contributed by atoms with Crippen molar-refractivity contribution in [2.75, 3.05) is 13.1 Å². The first-order valence-electron chi connectivity index (χ1n) is 5.18. The summed E-state index contributed by atoms with van der Waals surface area (Å²) in [5.74, 6) is 0.371. The zero-order valence-corrected chi connectivity index (χ0v) is 9.44. The summed E-state index contributed by atoms with van der Waals surface area (Å²) in [4.78, 5) is 11.4. The largest absolute Gasteiger partial charge is 0.316 e. The summed E-state index contributed by atoms with van der Waals surface area (Å²) in [6.45, 7) is 10.3. The van der Waals surface area contributed by atoms with Crippen LogP contribution in [-0.4, -0.2) is 18.9 Å². The Labute approximate surface area is 82.1 Å². The second-order valence-corrected chi connectivity index (χ2v) is 4.78. The van der Waals surface area contributed by atoms with Crippen molar-refractivity contribution in [2.45, 2.75) is 47.0 Å². The molecule has 78 valence electrons. The van der Waals surface area contributed by atoms with Crippen molar-refractivity contribution in [1.82, 2.24) is 5.32 Å². The number of ketones is 1. The number of nitrogens with one attached hydrogen (secondary N) is 1. The van der Waals surface area contributed by atoms with Gasteiger partial charge in [0, 0.05) is 19.4 Å². The van der Waals surface area contributed by atoms with Gasteiger partial charge in [-0.15, -0.1) is 0 Å². The number of rotatable bonds is 6. The molecule has 0 aliphatic heterocycles. The highest BCUT2D eigenvalue weighted by Gasteiger charge is 2.14. The van der Waals surface area contributed by atoms with Gasteiger partial charge in [0.25, 0.3) is 0 Å². The van der Waals surface area contributed by atoms with Crippen LogP contribution in [0, 0.1) is 5.41 Å². The molecule has 2 heteroatoms. The minimum absolute atomic E-state index is 0.141. The van der Waals surface area contributed by atoms with E-state index >= 15 is 0 Å². The molecular weight excluding hydrogens is 162 g/mol. The monoisotopic (exact) mass is 185 g/mol. The Morgan fingerprint density at radius 3 is 2.31 bits per heavy atom. The minimum atomic E-state index is 0.141. The number of Topliss-reactive ketones (excluding diaryl/α,β-unsaturated/α-hetero) is 1. The van der Waals surface area contributed by atoms with Crippen LogP contribution >= 0.6 is 0 Å². The summed E-state index contributed by atoms with van der Waals surface area (Å²) < 4.78 is 0. The lowest BCUT2D eigenvalue weighted by Crippen LogP contribution is -2.21. The molecule has 0 aliphatic rings.